The van der Waals surface area contributed by atoms with Gasteiger partial charge in [0.15, 0.2) is 11.9 Å². The van der Waals surface area contributed by atoms with E-state index in [1.807, 2.05) is 42.0 Å². The maximum absolute atomic E-state index is 12.1. The van der Waals surface area contributed by atoms with E-state index in [4.69, 9.17) is 0 Å². The quantitative estimate of drug-likeness (QED) is 0.641. The zero-order valence-electron chi connectivity index (χ0n) is 11.7. The molecule has 0 aliphatic carbocycles. The maximum atomic E-state index is 12.1. The Morgan fingerprint density at radius 1 is 1.20 bits per heavy atom. The summed E-state index contributed by atoms with van der Waals surface area (Å²) >= 11 is 2.24. The topological polar surface area (TPSA) is 33.0 Å². The van der Waals surface area contributed by atoms with Crippen molar-refractivity contribution < 1.29 is 9.36 Å². The molecular formula is C16H18IN2O+. The summed E-state index contributed by atoms with van der Waals surface area (Å²) in [6, 6.07) is 11.9. The number of carbonyl (C=O) groups is 1. The van der Waals surface area contributed by atoms with Crippen molar-refractivity contribution in [1.82, 2.24) is 0 Å². The van der Waals surface area contributed by atoms with E-state index < -0.39 is 0 Å². The van der Waals surface area contributed by atoms with Crippen molar-refractivity contribution in [2.24, 2.45) is 0 Å². The molecule has 20 heavy (non-hydrogen) atoms. The van der Waals surface area contributed by atoms with Crippen molar-refractivity contribution in [3.05, 3.63) is 57.4 Å². The van der Waals surface area contributed by atoms with Crippen LogP contribution in [0, 0.1) is 10.5 Å². The predicted molar refractivity (Wildman–Crippen MR) is 88.5 cm³/mol. The third-order valence-electron chi connectivity index (χ3n) is 3.16. The molecule has 4 heteroatoms. The molecule has 0 unspecified atom stereocenters. The number of pyridine rings is 1. The van der Waals surface area contributed by atoms with E-state index in [2.05, 4.69) is 47.0 Å². The van der Waals surface area contributed by atoms with Crippen LogP contribution in [0.3, 0.4) is 0 Å². The summed E-state index contributed by atoms with van der Waals surface area (Å²) in [6.07, 6.45) is 3.02. The second-order valence-corrected chi connectivity index (χ2v) is 5.96. The maximum Gasteiger partial charge on any atom is 0.290 e. The molecule has 0 atom stereocenters. The van der Waals surface area contributed by atoms with Gasteiger partial charge in [0.2, 0.25) is 6.54 Å². The molecule has 3 nitrogen and oxygen atoms in total. The molecule has 0 spiro atoms. The average molecular weight is 381 g/mol. The number of nitrogens with zero attached hydrogens (tertiary/aromatic N) is 1. The van der Waals surface area contributed by atoms with Crippen molar-refractivity contribution in [3.8, 4) is 0 Å². The number of hydrogen-bond acceptors (Lipinski definition) is 1. The minimum atomic E-state index is -0.00689. The minimum Gasteiger partial charge on any atom is -0.321 e. The number of nitrogens with one attached hydrogen (secondary N) is 1. The van der Waals surface area contributed by atoms with Gasteiger partial charge in [-0.1, -0.05) is 6.92 Å². The molecule has 0 radical (unpaired) electrons. The molecule has 1 aromatic heterocycles. The summed E-state index contributed by atoms with van der Waals surface area (Å²) in [5, 5.41) is 2.92. The third kappa shape index (κ3) is 4.03. The van der Waals surface area contributed by atoms with Gasteiger partial charge in [0.25, 0.3) is 5.91 Å². The lowest BCUT2D eigenvalue weighted by molar-refractivity contribution is -0.690. The number of aryl methyl sites for hydroxylation is 2. The summed E-state index contributed by atoms with van der Waals surface area (Å²) in [7, 11) is 0. The van der Waals surface area contributed by atoms with Gasteiger partial charge in [-0.2, -0.15) is 4.57 Å². The van der Waals surface area contributed by atoms with Crippen LogP contribution in [0.5, 0.6) is 0 Å². The Bertz CT molecular complexity index is 608. The van der Waals surface area contributed by atoms with Crippen LogP contribution in [0.15, 0.2) is 42.6 Å². The van der Waals surface area contributed by atoms with Gasteiger partial charge < -0.3 is 5.32 Å². The highest BCUT2D eigenvalue weighted by atomic mass is 127. The van der Waals surface area contributed by atoms with Crippen molar-refractivity contribution >= 4 is 34.2 Å². The van der Waals surface area contributed by atoms with E-state index in [-0.39, 0.29) is 5.91 Å². The summed E-state index contributed by atoms with van der Waals surface area (Å²) in [5.74, 6) is -0.00689. The number of halogens is 1. The van der Waals surface area contributed by atoms with Gasteiger partial charge in [0.1, 0.15) is 0 Å². The highest BCUT2D eigenvalue weighted by molar-refractivity contribution is 14.1. The fourth-order valence-corrected chi connectivity index (χ4v) is 2.30. The Morgan fingerprint density at radius 3 is 2.55 bits per heavy atom. The molecule has 2 rings (SSSR count). The molecule has 1 heterocycles. The first kappa shape index (κ1) is 15.0. The molecular weight excluding hydrogens is 363 g/mol. The number of carbonyl (C=O) groups excluding carboxylic acids is 1. The van der Waals surface area contributed by atoms with Crippen LogP contribution in [0.4, 0.5) is 5.69 Å². The highest BCUT2D eigenvalue weighted by Gasteiger charge is 2.13. The van der Waals surface area contributed by atoms with Crippen LogP contribution in [0.25, 0.3) is 0 Å². The van der Waals surface area contributed by atoms with Crippen LogP contribution in [-0.2, 0) is 17.8 Å². The number of aromatic nitrogens is 1. The SMILES string of the molecule is CCc1ccc(C)[n+](CC(=O)Nc2ccc(I)cc2)c1. The molecule has 1 N–H and O–H groups in total. The number of hydrogen-bond donors (Lipinski definition) is 1. The summed E-state index contributed by atoms with van der Waals surface area (Å²) < 4.78 is 3.14. The van der Waals surface area contributed by atoms with Crippen LogP contribution in [-0.4, -0.2) is 5.91 Å². The zero-order valence-corrected chi connectivity index (χ0v) is 13.8. The van der Waals surface area contributed by atoms with Gasteiger partial charge in [-0.25, -0.2) is 0 Å². The first-order valence-corrected chi connectivity index (χ1v) is 7.70. The molecule has 0 aliphatic rings. The van der Waals surface area contributed by atoms with Crippen LogP contribution in [0.1, 0.15) is 18.2 Å². The summed E-state index contributed by atoms with van der Waals surface area (Å²) in [5.41, 5.74) is 3.15. The van der Waals surface area contributed by atoms with E-state index in [0.29, 0.717) is 6.54 Å². The van der Waals surface area contributed by atoms with Gasteiger partial charge in [-0.05, 0) is 59.3 Å². The second kappa shape index (κ2) is 6.83. The number of benzene rings is 1. The van der Waals surface area contributed by atoms with Gasteiger partial charge >= 0.3 is 0 Å². The van der Waals surface area contributed by atoms with Crippen molar-refractivity contribution in [2.75, 3.05) is 5.32 Å². The van der Waals surface area contributed by atoms with E-state index in [9.17, 15) is 4.79 Å². The molecule has 0 fully saturated rings. The predicted octanol–water partition coefficient (Wildman–Crippen LogP) is 3.09. The van der Waals surface area contributed by atoms with Crippen molar-refractivity contribution in [3.63, 3.8) is 0 Å². The smallest absolute Gasteiger partial charge is 0.290 e. The van der Waals surface area contributed by atoms with Crippen molar-refractivity contribution in [1.29, 1.82) is 0 Å². The summed E-state index contributed by atoms with van der Waals surface area (Å²) in [4.78, 5) is 12.1. The van der Waals surface area contributed by atoms with Crippen LogP contribution >= 0.6 is 22.6 Å². The first-order valence-electron chi connectivity index (χ1n) is 6.63. The van der Waals surface area contributed by atoms with Gasteiger partial charge in [0, 0.05) is 27.8 Å². The van der Waals surface area contributed by atoms with E-state index >= 15 is 0 Å². The molecule has 0 saturated heterocycles. The number of rotatable bonds is 4. The third-order valence-corrected chi connectivity index (χ3v) is 3.88. The van der Waals surface area contributed by atoms with Gasteiger partial charge in [0.05, 0.1) is 0 Å². The highest BCUT2D eigenvalue weighted by Crippen LogP contribution is 2.10. The molecule has 1 amide bonds. The Balaban J connectivity index is 2.06. The number of amides is 1. The van der Waals surface area contributed by atoms with Crippen LogP contribution < -0.4 is 9.88 Å². The average Bonchev–Trinajstić information content (AvgIpc) is 2.44. The lowest BCUT2D eigenvalue weighted by Gasteiger charge is -2.05. The normalized spacial score (nSPS) is 10.3. The monoisotopic (exact) mass is 381 g/mol. The zero-order chi connectivity index (χ0) is 14.5. The Hall–Kier alpha value is -1.43. The molecule has 2 aromatic rings. The Kier molecular flexibility index (Phi) is 5.11. The molecule has 0 bridgehead atoms. The van der Waals surface area contributed by atoms with E-state index in [1.165, 1.54) is 5.56 Å². The summed E-state index contributed by atoms with van der Waals surface area (Å²) in [6.45, 7) is 4.46. The fraction of sp³-hybridized carbons (Fsp3) is 0.250. The fourth-order valence-electron chi connectivity index (χ4n) is 1.94. The van der Waals surface area contributed by atoms with Crippen LogP contribution in [0.2, 0.25) is 0 Å². The minimum absolute atomic E-state index is 0.00689. The largest absolute Gasteiger partial charge is 0.321 e. The second-order valence-electron chi connectivity index (χ2n) is 4.72. The van der Waals surface area contributed by atoms with E-state index in [0.717, 1.165) is 21.4 Å². The molecule has 1 aromatic carbocycles. The van der Waals surface area contributed by atoms with Crippen molar-refractivity contribution in [2.45, 2.75) is 26.8 Å². The first-order chi connectivity index (χ1) is 9.58. The molecule has 0 saturated carbocycles. The lowest BCUT2D eigenvalue weighted by atomic mass is 10.2. The molecule has 0 aliphatic heterocycles. The van der Waals surface area contributed by atoms with Gasteiger partial charge in [-0.15, -0.1) is 0 Å². The standard InChI is InChI=1S/C16H17IN2O/c1-3-13-5-4-12(2)19(10-13)11-16(20)18-15-8-6-14(17)7-9-15/h4-10H,3,11H2,1-2H3/p+1. The van der Waals surface area contributed by atoms with Gasteiger partial charge in [-0.3, -0.25) is 4.79 Å². The Morgan fingerprint density at radius 2 is 1.90 bits per heavy atom. The van der Waals surface area contributed by atoms with E-state index in [1.54, 1.807) is 0 Å². The Labute approximate surface area is 133 Å². The lowest BCUT2D eigenvalue weighted by Crippen LogP contribution is -2.43. The molecule has 104 valence electrons. The number of anilines is 1.